The average Bonchev–Trinajstić information content (AvgIpc) is 2.32. The summed E-state index contributed by atoms with van der Waals surface area (Å²) in [4.78, 5) is 14.0. The van der Waals surface area contributed by atoms with E-state index in [-0.39, 0.29) is 12.1 Å². The van der Waals surface area contributed by atoms with Gasteiger partial charge in [-0.05, 0) is 44.1 Å². The number of benzene rings is 1. The number of hydrogen-bond acceptors (Lipinski definition) is 3. The van der Waals surface area contributed by atoms with Gasteiger partial charge in [0.1, 0.15) is 6.10 Å². The first kappa shape index (κ1) is 13.4. The molecule has 1 aliphatic heterocycles. The van der Waals surface area contributed by atoms with Gasteiger partial charge in [-0.3, -0.25) is 4.79 Å². The molecule has 0 bridgehead atoms. The van der Waals surface area contributed by atoms with Gasteiger partial charge in [-0.15, -0.1) is 0 Å². The minimum Gasteiger partial charge on any atom is -0.461 e. The lowest BCUT2D eigenvalue weighted by atomic mass is 10.1. The monoisotopic (exact) mass is 267 g/mol. The molecular weight excluding hydrogens is 250 g/mol. The van der Waals surface area contributed by atoms with Crippen LogP contribution in [0.4, 0.5) is 0 Å². The fourth-order valence-electron chi connectivity index (χ4n) is 2.21. The van der Waals surface area contributed by atoms with Gasteiger partial charge in [0.15, 0.2) is 0 Å². The quantitative estimate of drug-likeness (QED) is 0.788. The van der Waals surface area contributed by atoms with E-state index in [0.717, 1.165) is 31.5 Å². The van der Waals surface area contributed by atoms with Gasteiger partial charge in [0.25, 0.3) is 0 Å². The molecule has 3 nitrogen and oxygen atoms in total. The van der Waals surface area contributed by atoms with Crippen molar-refractivity contribution in [2.75, 3.05) is 20.1 Å². The smallest absolute Gasteiger partial charge is 0.310 e. The van der Waals surface area contributed by atoms with Crippen LogP contribution in [0.2, 0.25) is 5.02 Å². The number of nitrogens with zero attached hydrogens (tertiary/aromatic N) is 1. The molecule has 0 aromatic heterocycles. The van der Waals surface area contributed by atoms with Crippen molar-refractivity contribution in [3.63, 3.8) is 0 Å². The zero-order valence-electron chi connectivity index (χ0n) is 10.6. The van der Waals surface area contributed by atoms with Crippen LogP contribution in [-0.2, 0) is 16.0 Å². The largest absolute Gasteiger partial charge is 0.461 e. The second-order valence-corrected chi connectivity index (χ2v) is 5.26. The van der Waals surface area contributed by atoms with Crippen molar-refractivity contribution < 1.29 is 9.53 Å². The van der Waals surface area contributed by atoms with Crippen LogP contribution in [0.5, 0.6) is 0 Å². The number of likely N-dealkylation sites (N-methyl/N-ethyl adjacent to an activating group) is 1. The lowest BCUT2D eigenvalue weighted by molar-refractivity contribution is -0.150. The fourth-order valence-corrected chi connectivity index (χ4v) is 2.34. The fraction of sp³-hybridized carbons (Fsp3) is 0.500. The third kappa shape index (κ3) is 4.00. The summed E-state index contributed by atoms with van der Waals surface area (Å²) in [6.07, 6.45) is 2.42. The number of likely N-dealkylation sites (tertiary alicyclic amines) is 1. The van der Waals surface area contributed by atoms with E-state index in [1.165, 1.54) is 0 Å². The van der Waals surface area contributed by atoms with Gasteiger partial charge >= 0.3 is 5.97 Å². The van der Waals surface area contributed by atoms with E-state index < -0.39 is 0 Å². The number of hydrogen-bond donors (Lipinski definition) is 0. The maximum Gasteiger partial charge on any atom is 0.310 e. The summed E-state index contributed by atoms with van der Waals surface area (Å²) in [6, 6.07) is 7.30. The number of halogens is 1. The highest BCUT2D eigenvalue weighted by Crippen LogP contribution is 2.14. The molecule has 0 saturated carbocycles. The Bertz CT molecular complexity index is 405. The van der Waals surface area contributed by atoms with Crippen molar-refractivity contribution in [3.8, 4) is 0 Å². The topological polar surface area (TPSA) is 29.5 Å². The normalized spacial score (nSPS) is 20.7. The third-order valence-corrected chi connectivity index (χ3v) is 3.39. The summed E-state index contributed by atoms with van der Waals surface area (Å²) >= 11 is 5.80. The summed E-state index contributed by atoms with van der Waals surface area (Å²) in [5, 5.41) is 0.682. The Morgan fingerprint density at radius 1 is 1.44 bits per heavy atom. The molecule has 1 heterocycles. The van der Waals surface area contributed by atoms with Gasteiger partial charge in [0.05, 0.1) is 6.42 Å². The Hall–Kier alpha value is -1.06. The highest BCUT2D eigenvalue weighted by molar-refractivity contribution is 6.30. The van der Waals surface area contributed by atoms with Crippen LogP contribution < -0.4 is 0 Å². The molecule has 0 unspecified atom stereocenters. The molecule has 1 fully saturated rings. The molecule has 2 rings (SSSR count). The number of piperidine rings is 1. The lowest BCUT2D eigenvalue weighted by Gasteiger charge is -2.29. The Morgan fingerprint density at radius 3 is 2.83 bits per heavy atom. The van der Waals surface area contributed by atoms with Crippen molar-refractivity contribution >= 4 is 17.6 Å². The standard InChI is InChI=1S/C14H18ClNO2/c1-16-8-2-3-13(10-16)18-14(17)9-11-4-6-12(15)7-5-11/h4-7,13H,2-3,8-10H2,1H3/t13-/m1/s1. The highest BCUT2D eigenvalue weighted by atomic mass is 35.5. The van der Waals surface area contributed by atoms with Crippen molar-refractivity contribution in [1.29, 1.82) is 0 Å². The molecule has 4 heteroatoms. The molecule has 0 N–H and O–H groups in total. The van der Waals surface area contributed by atoms with Crippen molar-refractivity contribution in [2.45, 2.75) is 25.4 Å². The Labute approximate surface area is 113 Å². The number of carbonyl (C=O) groups excluding carboxylic acids is 1. The minimum absolute atomic E-state index is 0.0450. The second-order valence-electron chi connectivity index (χ2n) is 4.82. The van der Waals surface area contributed by atoms with Gasteiger partial charge < -0.3 is 9.64 Å². The molecule has 1 aromatic rings. The number of ether oxygens (including phenoxy) is 1. The second kappa shape index (κ2) is 6.21. The van der Waals surface area contributed by atoms with E-state index in [0.29, 0.717) is 11.4 Å². The van der Waals surface area contributed by atoms with E-state index >= 15 is 0 Å². The highest BCUT2D eigenvalue weighted by Gasteiger charge is 2.20. The van der Waals surface area contributed by atoms with Crippen molar-refractivity contribution in [2.24, 2.45) is 0 Å². The summed E-state index contributed by atoms with van der Waals surface area (Å²) in [5.74, 6) is -0.155. The van der Waals surface area contributed by atoms with Gasteiger partial charge in [0.2, 0.25) is 0 Å². The molecule has 1 aromatic carbocycles. The Kier molecular flexibility index (Phi) is 4.61. The minimum atomic E-state index is -0.155. The van der Waals surface area contributed by atoms with E-state index in [2.05, 4.69) is 11.9 Å². The number of esters is 1. The van der Waals surface area contributed by atoms with Gasteiger partial charge in [-0.1, -0.05) is 23.7 Å². The molecule has 1 aliphatic rings. The van der Waals surface area contributed by atoms with Gasteiger partial charge in [0, 0.05) is 11.6 Å². The summed E-state index contributed by atoms with van der Waals surface area (Å²) in [5.41, 5.74) is 0.938. The van der Waals surface area contributed by atoms with Crippen LogP contribution in [0.3, 0.4) is 0 Å². The van der Waals surface area contributed by atoms with Crippen molar-refractivity contribution in [1.82, 2.24) is 4.90 Å². The molecule has 98 valence electrons. The molecule has 18 heavy (non-hydrogen) atoms. The first-order valence-electron chi connectivity index (χ1n) is 6.26. The zero-order chi connectivity index (χ0) is 13.0. The molecule has 1 atom stereocenters. The lowest BCUT2D eigenvalue weighted by Crippen LogP contribution is -2.38. The summed E-state index contributed by atoms with van der Waals surface area (Å²) in [7, 11) is 2.05. The summed E-state index contributed by atoms with van der Waals surface area (Å²) < 4.78 is 5.48. The maximum atomic E-state index is 11.8. The Balaban J connectivity index is 1.83. The molecule has 0 amide bonds. The molecule has 0 aliphatic carbocycles. The maximum absolute atomic E-state index is 11.8. The molecule has 0 spiro atoms. The van der Waals surface area contributed by atoms with Crippen LogP contribution in [0.25, 0.3) is 0 Å². The molecule has 0 radical (unpaired) electrons. The van der Waals surface area contributed by atoms with E-state index in [1.807, 2.05) is 12.1 Å². The van der Waals surface area contributed by atoms with Crippen molar-refractivity contribution in [3.05, 3.63) is 34.9 Å². The number of carbonyl (C=O) groups is 1. The third-order valence-electron chi connectivity index (χ3n) is 3.14. The summed E-state index contributed by atoms with van der Waals surface area (Å²) in [6.45, 7) is 1.93. The predicted octanol–water partition coefficient (Wildman–Crippen LogP) is 2.52. The first-order valence-corrected chi connectivity index (χ1v) is 6.64. The van der Waals surface area contributed by atoms with Crippen LogP contribution in [0.15, 0.2) is 24.3 Å². The van der Waals surface area contributed by atoms with E-state index in [4.69, 9.17) is 16.3 Å². The van der Waals surface area contributed by atoms with Crippen LogP contribution in [0.1, 0.15) is 18.4 Å². The van der Waals surface area contributed by atoms with Gasteiger partial charge in [-0.25, -0.2) is 0 Å². The van der Waals surface area contributed by atoms with E-state index in [1.54, 1.807) is 12.1 Å². The van der Waals surface area contributed by atoms with Crippen LogP contribution in [-0.4, -0.2) is 37.1 Å². The Morgan fingerprint density at radius 2 is 2.17 bits per heavy atom. The average molecular weight is 268 g/mol. The molecular formula is C14H18ClNO2. The zero-order valence-corrected chi connectivity index (χ0v) is 11.3. The SMILES string of the molecule is CN1CCC[C@@H](OC(=O)Cc2ccc(Cl)cc2)C1. The van der Waals surface area contributed by atoms with E-state index in [9.17, 15) is 4.79 Å². The van der Waals surface area contributed by atoms with Crippen LogP contribution in [0, 0.1) is 0 Å². The molecule has 1 saturated heterocycles. The first-order chi connectivity index (χ1) is 8.63. The predicted molar refractivity (Wildman–Crippen MR) is 71.8 cm³/mol. The van der Waals surface area contributed by atoms with Gasteiger partial charge in [-0.2, -0.15) is 0 Å². The van der Waals surface area contributed by atoms with Crippen LogP contribution >= 0.6 is 11.6 Å². The number of rotatable bonds is 3.